The van der Waals surface area contributed by atoms with Gasteiger partial charge >= 0.3 is 51.4 Å². The zero-order valence-corrected chi connectivity index (χ0v) is 26.2. The normalized spacial score (nSPS) is 10.4. The van der Waals surface area contributed by atoms with Crippen LogP contribution in [0, 0.1) is 0 Å². The summed E-state index contributed by atoms with van der Waals surface area (Å²) in [7, 11) is 3.27. The minimum atomic E-state index is -0.780. The Bertz CT molecular complexity index is 289. The van der Waals surface area contributed by atoms with Gasteiger partial charge in [-0.05, 0) is 27.7 Å². The Morgan fingerprint density at radius 2 is 1.00 bits per heavy atom. The van der Waals surface area contributed by atoms with Gasteiger partial charge in [0.15, 0.2) is 6.29 Å². The van der Waals surface area contributed by atoms with Crippen molar-refractivity contribution in [1.82, 2.24) is 0 Å². The van der Waals surface area contributed by atoms with Crippen LogP contribution >= 0.6 is 15.9 Å². The summed E-state index contributed by atoms with van der Waals surface area (Å²) in [6.07, 6.45) is -1.21. The van der Waals surface area contributed by atoms with Crippen LogP contribution in [0.2, 0.25) is 0 Å². The number of rotatable bonds is 21. The molecular formula is C20H44BrKO11. The van der Waals surface area contributed by atoms with Crippen LogP contribution in [0.3, 0.4) is 0 Å². The Morgan fingerprint density at radius 3 is 1.21 bits per heavy atom. The molecule has 0 spiro atoms. The van der Waals surface area contributed by atoms with Gasteiger partial charge in [-0.15, -0.1) is 0 Å². The maximum Gasteiger partial charge on any atom is 1.00 e. The van der Waals surface area contributed by atoms with Crippen molar-refractivity contribution in [3.63, 3.8) is 0 Å². The van der Waals surface area contributed by atoms with Crippen molar-refractivity contribution in [2.24, 2.45) is 0 Å². The van der Waals surface area contributed by atoms with E-state index in [1.165, 1.54) is 0 Å². The van der Waals surface area contributed by atoms with Crippen LogP contribution in [0.1, 0.15) is 27.7 Å². The predicted molar refractivity (Wildman–Crippen MR) is 120 cm³/mol. The van der Waals surface area contributed by atoms with E-state index in [0.29, 0.717) is 33.0 Å². The number of methoxy groups -OCH3 is 2. The monoisotopic (exact) mass is 578 g/mol. The Balaban J connectivity index is -0.000000207. The first-order chi connectivity index (χ1) is 15.6. The van der Waals surface area contributed by atoms with Crippen molar-refractivity contribution in [1.29, 1.82) is 0 Å². The maximum atomic E-state index is 10.5. The van der Waals surface area contributed by atoms with Crippen LogP contribution < -0.4 is 56.5 Å². The van der Waals surface area contributed by atoms with Gasteiger partial charge in [0.2, 0.25) is 0 Å². The van der Waals surface area contributed by atoms with E-state index in [1.54, 1.807) is 14.2 Å². The summed E-state index contributed by atoms with van der Waals surface area (Å²) in [4.78, 5) is 0. The molecule has 0 unspecified atom stereocenters. The maximum absolute atomic E-state index is 10.5. The minimum absolute atomic E-state index is 0. The molecule has 13 heteroatoms. The summed E-state index contributed by atoms with van der Waals surface area (Å²) >= 11 is 3.18. The van der Waals surface area contributed by atoms with Crippen LogP contribution in [-0.4, -0.2) is 106 Å². The molecule has 0 aromatic rings. The van der Waals surface area contributed by atoms with Gasteiger partial charge in [0, 0.05) is 46.0 Å². The van der Waals surface area contributed by atoms with E-state index < -0.39 is 19.2 Å². The van der Waals surface area contributed by atoms with Gasteiger partial charge in [0.1, 0.15) is 33.5 Å². The average Bonchev–Trinajstić information content (AvgIpc) is 2.80. The fourth-order valence-electron chi connectivity index (χ4n) is 1.33. The first-order valence-electron chi connectivity index (χ1n) is 10.5. The first kappa shape index (κ1) is 41.8. The van der Waals surface area contributed by atoms with E-state index in [9.17, 15) is 5.11 Å². The van der Waals surface area contributed by atoms with Crippen LogP contribution in [0.25, 0.3) is 0 Å². The van der Waals surface area contributed by atoms with Gasteiger partial charge < -0.3 is 52.5 Å². The van der Waals surface area contributed by atoms with E-state index in [0.717, 1.165) is 11.9 Å². The van der Waals surface area contributed by atoms with Gasteiger partial charge in [-0.25, -0.2) is 0 Å². The molecule has 11 nitrogen and oxygen atoms in total. The van der Waals surface area contributed by atoms with Crippen molar-refractivity contribution < 1.29 is 104 Å². The fraction of sp³-hybridized carbons (Fsp3) is 1.00. The molecule has 0 saturated heterocycles. The summed E-state index contributed by atoms with van der Waals surface area (Å²) in [5, 5.41) is 11.4. The van der Waals surface area contributed by atoms with Crippen LogP contribution in [-0.2, 0) is 47.4 Å². The number of halogens is 1. The molecule has 0 aliphatic carbocycles. The Labute approximate surface area is 250 Å². The Hall–Kier alpha value is 1.68. The van der Waals surface area contributed by atoms with Gasteiger partial charge in [-0.3, -0.25) is 0 Å². The van der Waals surface area contributed by atoms with Gasteiger partial charge in [0.05, 0.1) is 13.2 Å². The van der Waals surface area contributed by atoms with Crippen molar-refractivity contribution >= 4 is 15.9 Å². The molecule has 0 aliphatic heterocycles. The molecule has 198 valence electrons. The van der Waals surface area contributed by atoms with E-state index in [-0.39, 0.29) is 78.6 Å². The van der Waals surface area contributed by atoms with Crippen molar-refractivity contribution in [2.75, 3.05) is 93.0 Å². The third-order valence-electron chi connectivity index (χ3n) is 2.89. The molecule has 0 radical (unpaired) electrons. The molecule has 0 atom stereocenters. The number of hydrogen-bond acceptors (Lipinski definition) is 11. The van der Waals surface area contributed by atoms with Crippen LogP contribution in [0.5, 0.6) is 0 Å². The number of hydrogen-bond donors (Lipinski definition) is 0. The summed E-state index contributed by atoms with van der Waals surface area (Å²) in [6, 6.07) is 0. The van der Waals surface area contributed by atoms with E-state index >= 15 is 0 Å². The van der Waals surface area contributed by atoms with Crippen molar-refractivity contribution in [2.45, 2.75) is 40.3 Å². The smallest absolute Gasteiger partial charge is 0.851 e. The number of alkyl halides is 1. The summed E-state index contributed by atoms with van der Waals surface area (Å²) in [5.74, 6) is 0. The molecule has 0 N–H and O–H groups in total. The molecule has 0 fully saturated rings. The third-order valence-corrected chi connectivity index (χ3v) is 3.21. The third kappa shape index (κ3) is 41.1. The molecule has 0 amide bonds. The van der Waals surface area contributed by atoms with Crippen LogP contribution in [0.15, 0.2) is 0 Å². The van der Waals surface area contributed by atoms with E-state index in [2.05, 4.69) is 20.7 Å². The molecule has 0 aromatic heterocycles. The second-order valence-corrected chi connectivity index (χ2v) is 6.07. The average molecular weight is 580 g/mol. The van der Waals surface area contributed by atoms with Gasteiger partial charge in [0.25, 0.3) is 0 Å². The zero-order valence-electron chi connectivity index (χ0n) is 21.5. The van der Waals surface area contributed by atoms with E-state index in [1.807, 2.05) is 27.7 Å². The topological polar surface area (TPSA) is 115 Å². The quantitative estimate of drug-likeness (QED) is 0.0700. The summed E-state index contributed by atoms with van der Waals surface area (Å²) in [6.45, 7) is 11.1. The molecule has 33 heavy (non-hydrogen) atoms. The largest absolute Gasteiger partial charge is 1.00 e. The minimum Gasteiger partial charge on any atom is -0.851 e. The fourth-order valence-corrected chi connectivity index (χ4v) is 1.65. The Morgan fingerprint density at radius 1 is 0.636 bits per heavy atom. The standard InChI is InChI=1S/C9H20O5.C8H17O5.C3H7BrO.K/c1-4-11-7-13-9(6-10-3)14-8-12-5-2;1-3-10-6-12-8(5-9)13-7-11-4-2;1-5-3-2-4;/h9H,4-8H2,1-3H3;8H,3-7H2,1-2H3;2-3H2,1H3;/q;-1;;+1. The molecular weight excluding hydrogens is 535 g/mol. The first-order valence-corrected chi connectivity index (χ1v) is 11.6. The number of ether oxygens (including phenoxy) is 10. The van der Waals surface area contributed by atoms with Gasteiger partial charge in [-0.1, -0.05) is 22.5 Å². The zero-order chi connectivity index (χ0) is 24.7. The molecule has 0 heterocycles. The molecule has 0 rings (SSSR count). The predicted octanol–water partition coefficient (Wildman–Crippen LogP) is -1.29. The van der Waals surface area contributed by atoms with Crippen molar-refractivity contribution in [3.05, 3.63) is 0 Å². The van der Waals surface area contributed by atoms with Crippen LogP contribution in [0.4, 0.5) is 0 Å². The summed E-state index contributed by atoms with van der Waals surface area (Å²) in [5.41, 5.74) is 0. The Kier molecular flexibility index (Phi) is 51.7. The van der Waals surface area contributed by atoms with Gasteiger partial charge in [-0.2, -0.15) is 0 Å². The summed E-state index contributed by atoms with van der Waals surface area (Å²) < 4.78 is 49.7. The molecule has 0 bridgehead atoms. The van der Waals surface area contributed by atoms with E-state index in [4.69, 9.17) is 42.6 Å². The second kappa shape index (κ2) is 40.8. The molecule has 0 saturated carbocycles. The SMILES string of the molecule is CCOCOC(COC)OCOCC.CCOCOC(C[O-])OCOCC.COCCBr.[K+]. The molecule has 0 aromatic carbocycles. The van der Waals surface area contributed by atoms with Crippen molar-refractivity contribution in [3.8, 4) is 0 Å². The molecule has 0 aliphatic rings. The second-order valence-electron chi connectivity index (χ2n) is 5.27.